The second kappa shape index (κ2) is 9.21. The summed E-state index contributed by atoms with van der Waals surface area (Å²) in [5.74, 6) is 6.59. The molecular weight excluding hydrogens is 390 g/mol. The third kappa shape index (κ3) is 5.23. The van der Waals surface area contributed by atoms with E-state index in [0.29, 0.717) is 34.9 Å². The summed E-state index contributed by atoms with van der Waals surface area (Å²) in [6.07, 6.45) is 2.47. The second-order valence-electron chi connectivity index (χ2n) is 7.10. The van der Waals surface area contributed by atoms with Crippen LogP contribution in [0.5, 0.6) is 11.5 Å². The van der Waals surface area contributed by atoms with Gasteiger partial charge in [0.2, 0.25) is 0 Å². The second-order valence-corrected chi connectivity index (χ2v) is 7.54. The van der Waals surface area contributed by atoms with Crippen molar-refractivity contribution in [3.63, 3.8) is 0 Å². The fourth-order valence-electron chi connectivity index (χ4n) is 3.57. The van der Waals surface area contributed by atoms with E-state index in [1.807, 2.05) is 12.1 Å². The normalized spacial score (nSPS) is 20.9. The Bertz CT molecular complexity index is 949. The van der Waals surface area contributed by atoms with E-state index < -0.39 is 5.60 Å². The van der Waals surface area contributed by atoms with E-state index >= 15 is 0 Å². The molecular formula is C23H24ClNO4. The number of hydrogen-bond donors (Lipinski definition) is 2. The highest BCUT2D eigenvalue weighted by atomic mass is 35.5. The van der Waals surface area contributed by atoms with Gasteiger partial charge in [-0.25, -0.2) is 0 Å². The van der Waals surface area contributed by atoms with Crippen molar-refractivity contribution in [3.8, 4) is 23.3 Å². The molecule has 1 aliphatic rings. The highest BCUT2D eigenvalue weighted by Crippen LogP contribution is 2.32. The van der Waals surface area contributed by atoms with Gasteiger partial charge in [0, 0.05) is 23.0 Å². The van der Waals surface area contributed by atoms with Gasteiger partial charge in [0.25, 0.3) is 5.91 Å². The van der Waals surface area contributed by atoms with Crippen LogP contribution in [0.25, 0.3) is 0 Å². The molecule has 1 unspecified atom stereocenters. The van der Waals surface area contributed by atoms with Gasteiger partial charge >= 0.3 is 0 Å². The fraction of sp³-hybridized carbons (Fsp3) is 0.348. The highest BCUT2D eigenvalue weighted by molar-refractivity contribution is 6.30. The molecule has 3 rings (SSSR count). The Morgan fingerprint density at radius 1 is 1.24 bits per heavy atom. The minimum absolute atomic E-state index is 0.189. The zero-order chi connectivity index (χ0) is 20.9. The van der Waals surface area contributed by atoms with Crippen molar-refractivity contribution in [2.24, 2.45) is 0 Å². The fourth-order valence-corrected chi connectivity index (χ4v) is 3.76. The van der Waals surface area contributed by atoms with Gasteiger partial charge in [-0.2, -0.15) is 0 Å². The predicted molar refractivity (Wildman–Crippen MR) is 113 cm³/mol. The number of carbonyl (C=O) groups excluding carboxylic acids is 1. The lowest BCUT2D eigenvalue weighted by Gasteiger charge is -2.33. The number of ether oxygens (including phenoxy) is 2. The van der Waals surface area contributed by atoms with Gasteiger partial charge in [0.15, 0.2) is 11.5 Å². The van der Waals surface area contributed by atoms with Crippen LogP contribution in [0.2, 0.25) is 5.02 Å². The van der Waals surface area contributed by atoms with Crippen molar-refractivity contribution in [2.45, 2.75) is 37.3 Å². The summed E-state index contributed by atoms with van der Waals surface area (Å²) < 4.78 is 10.6. The van der Waals surface area contributed by atoms with Gasteiger partial charge in [-0.1, -0.05) is 35.6 Å². The average molecular weight is 414 g/mol. The average Bonchev–Trinajstić information content (AvgIpc) is 2.71. The Kier molecular flexibility index (Phi) is 6.68. The summed E-state index contributed by atoms with van der Waals surface area (Å²) in [4.78, 5) is 12.8. The summed E-state index contributed by atoms with van der Waals surface area (Å²) in [5, 5.41) is 14.5. The topological polar surface area (TPSA) is 67.8 Å². The van der Waals surface area contributed by atoms with Crippen molar-refractivity contribution >= 4 is 17.5 Å². The number of halogens is 1. The van der Waals surface area contributed by atoms with Crippen LogP contribution in [0, 0.1) is 11.8 Å². The number of rotatable bonds is 4. The third-order valence-corrected chi connectivity index (χ3v) is 5.21. The van der Waals surface area contributed by atoms with Gasteiger partial charge in [-0.15, -0.1) is 0 Å². The van der Waals surface area contributed by atoms with E-state index in [-0.39, 0.29) is 11.9 Å². The van der Waals surface area contributed by atoms with Crippen molar-refractivity contribution < 1.29 is 19.4 Å². The van der Waals surface area contributed by atoms with Gasteiger partial charge in [-0.3, -0.25) is 4.79 Å². The van der Waals surface area contributed by atoms with Gasteiger partial charge in [-0.05, 0) is 49.6 Å². The standard InChI is InChI=1S/C23H24ClNO4/c1-28-20-10-4-9-19(21(20)29-2)22(26)25-18-8-5-12-23(27,15-18)13-11-16-6-3-7-17(24)14-16/h3-4,6-7,9-10,14,18,27H,5,8,12,15H2,1-2H3,(H,25,26)/t18-,23?/m0/s1. The van der Waals surface area contributed by atoms with E-state index in [0.717, 1.165) is 18.4 Å². The summed E-state index contributed by atoms with van der Waals surface area (Å²) >= 11 is 5.99. The summed E-state index contributed by atoms with van der Waals surface area (Å²) in [7, 11) is 3.03. The molecule has 0 aliphatic heterocycles. The first-order valence-corrected chi connectivity index (χ1v) is 9.85. The first kappa shape index (κ1) is 21.0. The molecule has 0 spiro atoms. The Labute approximate surface area is 176 Å². The van der Waals surface area contributed by atoms with Crippen molar-refractivity contribution in [2.75, 3.05) is 14.2 Å². The number of methoxy groups -OCH3 is 2. The Morgan fingerprint density at radius 2 is 2.03 bits per heavy atom. The Morgan fingerprint density at radius 3 is 2.76 bits per heavy atom. The Balaban J connectivity index is 1.72. The maximum atomic E-state index is 12.8. The molecule has 0 radical (unpaired) electrons. The number of aliphatic hydroxyl groups is 1. The van der Waals surface area contributed by atoms with Crippen LogP contribution in [0.4, 0.5) is 0 Å². The van der Waals surface area contributed by atoms with E-state index in [1.165, 1.54) is 14.2 Å². The third-order valence-electron chi connectivity index (χ3n) is 4.97. The molecule has 0 bridgehead atoms. The SMILES string of the molecule is COc1cccc(C(=O)N[C@H]2CCCC(O)(C#Cc3cccc(Cl)c3)C2)c1OC. The zero-order valence-corrected chi connectivity index (χ0v) is 17.3. The van der Waals surface area contributed by atoms with Crippen LogP contribution in [0.1, 0.15) is 41.6 Å². The summed E-state index contributed by atoms with van der Waals surface area (Å²) in [6, 6.07) is 12.2. The summed E-state index contributed by atoms with van der Waals surface area (Å²) in [6.45, 7) is 0. The number of nitrogens with one attached hydrogen (secondary N) is 1. The molecule has 0 aromatic heterocycles. The molecule has 5 nitrogen and oxygen atoms in total. The molecule has 29 heavy (non-hydrogen) atoms. The molecule has 6 heteroatoms. The molecule has 0 saturated heterocycles. The quantitative estimate of drug-likeness (QED) is 0.748. The molecule has 2 N–H and O–H groups in total. The van der Waals surface area contributed by atoms with E-state index in [2.05, 4.69) is 17.2 Å². The minimum atomic E-state index is -1.16. The van der Waals surface area contributed by atoms with Crippen LogP contribution in [-0.4, -0.2) is 36.9 Å². The van der Waals surface area contributed by atoms with Gasteiger partial charge in [0.1, 0.15) is 5.60 Å². The molecule has 0 heterocycles. The van der Waals surface area contributed by atoms with Gasteiger partial charge < -0.3 is 19.9 Å². The lowest BCUT2D eigenvalue weighted by atomic mass is 9.82. The molecule has 2 aromatic rings. The highest BCUT2D eigenvalue weighted by Gasteiger charge is 2.34. The zero-order valence-electron chi connectivity index (χ0n) is 16.5. The van der Waals surface area contributed by atoms with Crippen LogP contribution >= 0.6 is 11.6 Å². The van der Waals surface area contributed by atoms with Crippen LogP contribution in [0.3, 0.4) is 0 Å². The minimum Gasteiger partial charge on any atom is -0.493 e. The smallest absolute Gasteiger partial charge is 0.255 e. The van der Waals surface area contributed by atoms with E-state index in [1.54, 1.807) is 30.3 Å². The molecule has 1 saturated carbocycles. The molecule has 152 valence electrons. The predicted octanol–water partition coefficient (Wildman–Crippen LogP) is 3.81. The Hall–Kier alpha value is -2.68. The first-order valence-electron chi connectivity index (χ1n) is 9.47. The number of amides is 1. The number of carbonyl (C=O) groups is 1. The van der Waals surface area contributed by atoms with Crippen LogP contribution in [0.15, 0.2) is 42.5 Å². The lowest BCUT2D eigenvalue weighted by Crippen LogP contribution is -2.45. The largest absolute Gasteiger partial charge is 0.493 e. The number of hydrogen-bond acceptors (Lipinski definition) is 4. The van der Waals surface area contributed by atoms with Crippen LogP contribution in [-0.2, 0) is 0 Å². The van der Waals surface area contributed by atoms with Crippen molar-refractivity contribution in [3.05, 3.63) is 58.6 Å². The molecule has 2 atom stereocenters. The number of benzene rings is 2. The first-order chi connectivity index (χ1) is 13.9. The van der Waals surface area contributed by atoms with Crippen molar-refractivity contribution in [1.29, 1.82) is 0 Å². The molecule has 1 aliphatic carbocycles. The monoisotopic (exact) mass is 413 g/mol. The molecule has 1 fully saturated rings. The molecule has 2 aromatic carbocycles. The van der Waals surface area contributed by atoms with Crippen molar-refractivity contribution in [1.82, 2.24) is 5.32 Å². The van der Waals surface area contributed by atoms with Crippen LogP contribution < -0.4 is 14.8 Å². The number of para-hydroxylation sites is 1. The maximum absolute atomic E-state index is 12.8. The lowest BCUT2D eigenvalue weighted by molar-refractivity contribution is 0.0452. The molecule has 1 amide bonds. The maximum Gasteiger partial charge on any atom is 0.255 e. The van der Waals surface area contributed by atoms with E-state index in [9.17, 15) is 9.90 Å². The van der Waals surface area contributed by atoms with E-state index in [4.69, 9.17) is 21.1 Å². The summed E-state index contributed by atoms with van der Waals surface area (Å²) in [5.41, 5.74) is -0.0130. The van der Waals surface area contributed by atoms with Gasteiger partial charge in [0.05, 0.1) is 19.8 Å².